The zero-order valence-electron chi connectivity index (χ0n) is 7.16. The highest BCUT2D eigenvalue weighted by Gasteiger charge is 1.99. The maximum absolute atomic E-state index is 11.1. The van der Waals surface area contributed by atoms with Gasteiger partial charge >= 0.3 is 0 Å². The molecule has 0 aliphatic rings. The Bertz CT molecular complexity index is 230. The van der Waals surface area contributed by atoms with E-state index in [0.717, 1.165) is 13.0 Å². The summed E-state index contributed by atoms with van der Waals surface area (Å²) in [6.45, 7) is 3.13. The Labute approximate surface area is 71.6 Å². The average molecular weight is 167 g/mol. The summed E-state index contributed by atoms with van der Waals surface area (Å²) in [5.74, 6) is 0.0369. The van der Waals surface area contributed by atoms with Gasteiger partial charge in [0, 0.05) is 18.9 Å². The van der Waals surface area contributed by atoms with E-state index < -0.39 is 0 Å². The molecule has 0 aromatic carbocycles. The van der Waals surface area contributed by atoms with E-state index in [4.69, 9.17) is 0 Å². The predicted molar refractivity (Wildman–Crippen MR) is 45.5 cm³/mol. The Balaban J connectivity index is 2.27. The highest BCUT2D eigenvalue weighted by molar-refractivity contribution is 5.75. The van der Waals surface area contributed by atoms with Crippen molar-refractivity contribution >= 4 is 5.91 Å². The topological polar surface area (TPSA) is 46.9 Å². The van der Waals surface area contributed by atoms with Crippen LogP contribution in [0.1, 0.15) is 13.3 Å². The van der Waals surface area contributed by atoms with E-state index in [0.29, 0.717) is 6.54 Å². The molecule has 4 nitrogen and oxygen atoms in total. The van der Waals surface area contributed by atoms with Crippen molar-refractivity contribution in [1.29, 1.82) is 0 Å². The SMILES string of the molecule is CCCNC(=O)Cn1ccnc1. The van der Waals surface area contributed by atoms with Crippen LogP contribution in [-0.4, -0.2) is 22.0 Å². The molecule has 0 atom stereocenters. The molecule has 0 spiro atoms. The third kappa shape index (κ3) is 2.74. The lowest BCUT2D eigenvalue weighted by Gasteiger charge is -2.02. The molecule has 1 N–H and O–H groups in total. The number of nitrogens with one attached hydrogen (secondary N) is 1. The highest BCUT2D eigenvalue weighted by Crippen LogP contribution is 1.85. The van der Waals surface area contributed by atoms with E-state index in [-0.39, 0.29) is 5.91 Å². The Kier molecular flexibility index (Phi) is 3.32. The zero-order chi connectivity index (χ0) is 8.81. The molecular weight excluding hydrogens is 154 g/mol. The second-order valence-electron chi connectivity index (χ2n) is 2.58. The van der Waals surface area contributed by atoms with Crippen molar-refractivity contribution in [3.63, 3.8) is 0 Å². The van der Waals surface area contributed by atoms with Crippen LogP contribution in [0.2, 0.25) is 0 Å². The van der Waals surface area contributed by atoms with Crippen LogP contribution in [-0.2, 0) is 11.3 Å². The molecule has 0 bridgehead atoms. The summed E-state index contributed by atoms with van der Waals surface area (Å²) in [4.78, 5) is 14.9. The summed E-state index contributed by atoms with van der Waals surface area (Å²) in [7, 11) is 0. The molecule has 12 heavy (non-hydrogen) atoms. The minimum atomic E-state index is 0.0369. The average Bonchev–Trinajstić information content (AvgIpc) is 2.53. The van der Waals surface area contributed by atoms with Gasteiger partial charge in [0.1, 0.15) is 6.54 Å². The lowest BCUT2D eigenvalue weighted by Crippen LogP contribution is -2.27. The van der Waals surface area contributed by atoms with Crippen LogP contribution in [0.5, 0.6) is 0 Å². The Morgan fingerprint density at radius 3 is 3.08 bits per heavy atom. The lowest BCUT2D eigenvalue weighted by molar-refractivity contribution is -0.121. The van der Waals surface area contributed by atoms with Gasteiger partial charge in [-0.3, -0.25) is 4.79 Å². The van der Waals surface area contributed by atoms with Crippen LogP contribution in [0.4, 0.5) is 0 Å². The number of hydrogen-bond donors (Lipinski definition) is 1. The molecule has 1 aromatic heterocycles. The van der Waals surface area contributed by atoms with Crippen molar-refractivity contribution in [1.82, 2.24) is 14.9 Å². The van der Waals surface area contributed by atoms with Crippen LogP contribution in [0.3, 0.4) is 0 Å². The second-order valence-corrected chi connectivity index (χ2v) is 2.58. The van der Waals surface area contributed by atoms with E-state index in [1.807, 2.05) is 6.92 Å². The predicted octanol–water partition coefficient (Wildman–Crippen LogP) is 0.409. The first-order chi connectivity index (χ1) is 5.83. The van der Waals surface area contributed by atoms with Gasteiger partial charge in [-0.2, -0.15) is 0 Å². The highest BCUT2D eigenvalue weighted by atomic mass is 16.1. The maximum atomic E-state index is 11.1. The standard InChI is InChI=1S/C8H13N3O/c1-2-3-10-8(12)6-11-5-4-9-7-11/h4-5,7H,2-3,6H2,1H3,(H,10,12). The fourth-order valence-corrected chi connectivity index (χ4v) is 0.866. The van der Waals surface area contributed by atoms with Gasteiger partial charge in [-0.15, -0.1) is 0 Å². The van der Waals surface area contributed by atoms with E-state index >= 15 is 0 Å². The second kappa shape index (κ2) is 4.54. The molecule has 66 valence electrons. The van der Waals surface area contributed by atoms with Crippen LogP contribution < -0.4 is 5.32 Å². The van der Waals surface area contributed by atoms with Gasteiger partial charge in [0.25, 0.3) is 0 Å². The van der Waals surface area contributed by atoms with E-state index in [1.54, 1.807) is 23.3 Å². The van der Waals surface area contributed by atoms with E-state index in [2.05, 4.69) is 10.3 Å². The van der Waals surface area contributed by atoms with Crippen molar-refractivity contribution in [3.05, 3.63) is 18.7 Å². The van der Waals surface area contributed by atoms with Gasteiger partial charge in [-0.25, -0.2) is 4.98 Å². The molecule has 0 aliphatic carbocycles. The van der Waals surface area contributed by atoms with Gasteiger partial charge in [-0.05, 0) is 6.42 Å². The number of hydrogen-bond acceptors (Lipinski definition) is 2. The minimum Gasteiger partial charge on any atom is -0.355 e. The van der Waals surface area contributed by atoms with E-state index in [1.165, 1.54) is 0 Å². The normalized spacial score (nSPS) is 9.75. The fourth-order valence-electron chi connectivity index (χ4n) is 0.866. The molecule has 4 heteroatoms. The van der Waals surface area contributed by atoms with E-state index in [9.17, 15) is 4.79 Å². The molecule has 0 aliphatic heterocycles. The molecule has 0 unspecified atom stereocenters. The van der Waals surface area contributed by atoms with Crippen molar-refractivity contribution < 1.29 is 4.79 Å². The maximum Gasteiger partial charge on any atom is 0.239 e. The monoisotopic (exact) mass is 167 g/mol. The van der Waals surface area contributed by atoms with Crippen molar-refractivity contribution in [2.75, 3.05) is 6.54 Å². The Morgan fingerprint density at radius 2 is 2.50 bits per heavy atom. The first-order valence-corrected chi connectivity index (χ1v) is 4.05. The quantitative estimate of drug-likeness (QED) is 0.706. The Hall–Kier alpha value is -1.32. The molecule has 1 aromatic rings. The third-order valence-electron chi connectivity index (χ3n) is 1.46. The van der Waals surface area contributed by atoms with Gasteiger partial charge in [0.05, 0.1) is 6.33 Å². The summed E-state index contributed by atoms with van der Waals surface area (Å²) < 4.78 is 1.74. The van der Waals surface area contributed by atoms with Gasteiger partial charge in [0.15, 0.2) is 0 Å². The molecule has 0 radical (unpaired) electrons. The summed E-state index contributed by atoms with van der Waals surface area (Å²) in [5, 5.41) is 2.78. The van der Waals surface area contributed by atoms with Crippen molar-refractivity contribution in [2.45, 2.75) is 19.9 Å². The number of imidazole rings is 1. The Morgan fingerprint density at radius 1 is 1.67 bits per heavy atom. The summed E-state index contributed by atoms with van der Waals surface area (Å²) in [6.07, 6.45) is 6.03. The molecule has 0 saturated heterocycles. The van der Waals surface area contributed by atoms with Crippen molar-refractivity contribution in [2.24, 2.45) is 0 Å². The summed E-state index contributed by atoms with van der Waals surface area (Å²) in [6, 6.07) is 0. The van der Waals surface area contributed by atoms with Crippen LogP contribution >= 0.6 is 0 Å². The molecular formula is C8H13N3O. The zero-order valence-corrected chi connectivity index (χ0v) is 7.16. The van der Waals surface area contributed by atoms with Gasteiger partial charge in [0.2, 0.25) is 5.91 Å². The number of carbonyl (C=O) groups excluding carboxylic acids is 1. The molecule has 0 fully saturated rings. The summed E-state index contributed by atoms with van der Waals surface area (Å²) >= 11 is 0. The van der Waals surface area contributed by atoms with Crippen LogP contribution in [0.25, 0.3) is 0 Å². The number of nitrogens with zero attached hydrogens (tertiary/aromatic N) is 2. The molecule has 1 heterocycles. The first-order valence-electron chi connectivity index (χ1n) is 4.05. The van der Waals surface area contributed by atoms with Gasteiger partial charge < -0.3 is 9.88 Å². The molecule has 1 amide bonds. The fraction of sp³-hybridized carbons (Fsp3) is 0.500. The number of carbonyl (C=O) groups is 1. The largest absolute Gasteiger partial charge is 0.355 e. The number of rotatable bonds is 4. The van der Waals surface area contributed by atoms with Crippen molar-refractivity contribution in [3.8, 4) is 0 Å². The van der Waals surface area contributed by atoms with Crippen LogP contribution in [0, 0.1) is 0 Å². The number of amides is 1. The van der Waals surface area contributed by atoms with Gasteiger partial charge in [-0.1, -0.05) is 6.92 Å². The summed E-state index contributed by atoms with van der Waals surface area (Å²) in [5.41, 5.74) is 0. The minimum absolute atomic E-state index is 0.0369. The smallest absolute Gasteiger partial charge is 0.239 e. The third-order valence-corrected chi connectivity index (χ3v) is 1.46. The first kappa shape index (κ1) is 8.77. The molecule has 0 saturated carbocycles. The lowest BCUT2D eigenvalue weighted by atomic mass is 10.4. The number of aromatic nitrogens is 2. The molecule has 1 rings (SSSR count). The van der Waals surface area contributed by atoms with Crippen LogP contribution in [0.15, 0.2) is 18.7 Å².